The van der Waals surface area contributed by atoms with Crippen LogP contribution in [0.25, 0.3) is 0 Å². The van der Waals surface area contributed by atoms with Crippen LogP contribution in [0.2, 0.25) is 10.0 Å². The normalized spacial score (nSPS) is 13.3. The molecule has 7 heteroatoms. The number of hydrogen-bond donors (Lipinski definition) is 1. The predicted molar refractivity (Wildman–Crippen MR) is 94.1 cm³/mol. The molecule has 1 heterocycles. The Balaban J connectivity index is 1.77. The van der Waals surface area contributed by atoms with Crippen molar-refractivity contribution in [1.29, 1.82) is 0 Å². The Morgan fingerprint density at radius 3 is 2.83 bits per heavy atom. The Kier molecular flexibility index (Phi) is 4.64. The van der Waals surface area contributed by atoms with Crippen LogP contribution in [-0.2, 0) is 9.59 Å². The summed E-state index contributed by atoms with van der Waals surface area (Å²) in [5.41, 5.74) is 2.10. The molecule has 1 N–H and O–H groups in total. The molecule has 0 saturated heterocycles. The highest BCUT2D eigenvalue weighted by Crippen LogP contribution is 2.32. The van der Waals surface area contributed by atoms with Gasteiger partial charge in [0.15, 0.2) is 5.75 Å². The molecule has 0 radical (unpaired) electrons. The van der Waals surface area contributed by atoms with Gasteiger partial charge in [-0.1, -0.05) is 29.3 Å². The second-order valence-electron chi connectivity index (χ2n) is 5.47. The number of anilines is 2. The lowest BCUT2D eigenvalue weighted by Crippen LogP contribution is -2.41. The van der Waals surface area contributed by atoms with E-state index in [2.05, 4.69) is 5.32 Å². The monoisotopic (exact) mass is 364 g/mol. The van der Waals surface area contributed by atoms with Crippen molar-refractivity contribution in [3.05, 3.63) is 52.0 Å². The molecule has 0 spiro atoms. The summed E-state index contributed by atoms with van der Waals surface area (Å²) in [6.45, 7) is 1.90. The summed E-state index contributed by atoms with van der Waals surface area (Å²) in [6.07, 6.45) is 0. The van der Waals surface area contributed by atoms with E-state index in [9.17, 15) is 9.59 Å². The number of fused-ring (bicyclic) bond motifs is 1. The van der Waals surface area contributed by atoms with Crippen molar-refractivity contribution in [1.82, 2.24) is 0 Å². The van der Waals surface area contributed by atoms with E-state index in [1.54, 1.807) is 29.2 Å². The first kappa shape index (κ1) is 16.6. The molecule has 24 heavy (non-hydrogen) atoms. The van der Waals surface area contributed by atoms with Gasteiger partial charge in [-0.3, -0.25) is 4.79 Å². The maximum atomic E-state index is 12.3. The topological polar surface area (TPSA) is 58.6 Å². The maximum absolute atomic E-state index is 12.3. The second-order valence-corrected chi connectivity index (χ2v) is 6.32. The van der Waals surface area contributed by atoms with E-state index in [0.717, 1.165) is 5.56 Å². The van der Waals surface area contributed by atoms with Crippen molar-refractivity contribution in [3.63, 3.8) is 0 Å². The molecule has 2 aromatic rings. The van der Waals surface area contributed by atoms with Crippen molar-refractivity contribution < 1.29 is 14.3 Å². The Labute approximate surface area is 149 Å². The highest BCUT2D eigenvalue weighted by molar-refractivity contribution is 6.35. The number of ether oxygens (including phenoxy) is 1. The highest BCUT2D eigenvalue weighted by Gasteiger charge is 2.25. The van der Waals surface area contributed by atoms with E-state index >= 15 is 0 Å². The molecule has 0 aliphatic carbocycles. The highest BCUT2D eigenvalue weighted by atomic mass is 35.5. The molecular weight excluding hydrogens is 351 g/mol. The summed E-state index contributed by atoms with van der Waals surface area (Å²) in [5.74, 6) is -0.248. The smallest absolute Gasteiger partial charge is 0.331 e. The van der Waals surface area contributed by atoms with Gasteiger partial charge in [-0.25, -0.2) is 4.79 Å². The summed E-state index contributed by atoms with van der Waals surface area (Å²) >= 11 is 12.0. The minimum Gasteiger partial charge on any atom is -0.423 e. The summed E-state index contributed by atoms with van der Waals surface area (Å²) in [4.78, 5) is 25.7. The maximum Gasteiger partial charge on any atom is 0.331 e. The molecule has 0 atom stereocenters. The van der Waals surface area contributed by atoms with Gasteiger partial charge in [-0.05, 0) is 42.8 Å². The average molecular weight is 365 g/mol. The van der Waals surface area contributed by atoms with Crippen LogP contribution in [0, 0.1) is 6.92 Å². The average Bonchev–Trinajstić information content (AvgIpc) is 2.50. The van der Waals surface area contributed by atoms with Gasteiger partial charge in [-0.2, -0.15) is 0 Å². The van der Waals surface area contributed by atoms with Gasteiger partial charge in [0.1, 0.15) is 6.54 Å². The van der Waals surface area contributed by atoms with Crippen molar-refractivity contribution in [2.75, 3.05) is 23.3 Å². The zero-order chi connectivity index (χ0) is 17.3. The van der Waals surface area contributed by atoms with Gasteiger partial charge in [0.2, 0.25) is 5.91 Å². The van der Waals surface area contributed by atoms with Gasteiger partial charge >= 0.3 is 5.97 Å². The largest absolute Gasteiger partial charge is 0.423 e. The van der Waals surface area contributed by atoms with E-state index in [1.807, 2.05) is 19.1 Å². The molecule has 124 valence electrons. The number of nitrogens with zero attached hydrogens (tertiary/aromatic N) is 1. The lowest BCUT2D eigenvalue weighted by molar-refractivity contribution is -0.133. The molecule has 2 aromatic carbocycles. The summed E-state index contributed by atoms with van der Waals surface area (Å²) in [7, 11) is 0. The van der Waals surface area contributed by atoms with Crippen LogP contribution in [0.4, 0.5) is 11.4 Å². The fourth-order valence-corrected chi connectivity index (χ4v) is 2.79. The third-order valence-corrected chi connectivity index (χ3v) is 4.10. The lowest BCUT2D eigenvalue weighted by atomic mass is 10.1. The molecule has 0 aromatic heterocycles. The van der Waals surface area contributed by atoms with Gasteiger partial charge in [0.05, 0.1) is 22.9 Å². The van der Waals surface area contributed by atoms with Gasteiger partial charge < -0.3 is 15.0 Å². The van der Waals surface area contributed by atoms with Crippen LogP contribution in [-0.4, -0.2) is 25.0 Å². The summed E-state index contributed by atoms with van der Waals surface area (Å²) in [5, 5.41) is 3.57. The number of halogens is 2. The number of carbonyl (C=O) groups is 2. The lowest BCUT2D eigenvalue weighted by Gasteiger charge is -2.29. The summed E-state index contributed by atoms with van der Waals surface area (Å²) in [6, 6.07) is 10.3. The molecule has 0 fully saturated rings. The van der Waals surface area contributed by atoms with E-state index in [4.69, 9.17) is 27.9 Å². The number of esters is 1. The minimum atomic E-state index is -0.401. The second kappa shape index (κ2) is 6.71. The molecule has 5 nitrogen and oxygen atoms in total. The van der Waals surface area contributed by atoms with Crippen LogP contribution in [0.5, 0.6) is 5.75 Å². The van der Waals surface area contributed by atoms with Crippen molar-refractivity contribution in [2.45, 2.75) is 6.92 Å². The van der Waals surface area contributed by atoms with Crippen molar-refractivity contribution >= 4 is 46.5 Å². The number of rotatable bonds is 3. The number of hydrogen-bond acceptors (Lipinski definition) is 4. The number of carbonyl (C=O) groups excluding carboxylic acids is 2. The molecular formula is C17H14Cl2N2O3. The van der Waals surface area contributed by atoms with Crippen LogP contribution < -0.4 is 15.0 Å². The minimum absolute atomic E-state index is 0.00595. The third-order valence-electron chi connectivity index (χ3n) is 3.54. The summed E-state index contributed by atoms with van der Waals surface area (Å²) < 4.78 is 5.23. The molecule has 1 aliphatic rings. The number of aryl methyl sites for hydroxylation is 1. The Morgan fingerprint density at radius 1 is 1.25 bits per heavy atom. The zero-order valence-corrected chi connectivity index (χ0v) is 14.3. The first-order valence-electron chi connectivity index (χ1n) is 7.23. The number of benzene rings is 2. The first-order valence-corrected chi connectivity index (χ1v) is 7.99. The van der Waals surface area contributed by atoms with Crippen LogP contribution >= 0.6 is 23.2 Å². The van der Waals surface area contributed by atoms with Crippen LogP contribution in [0.3, 0.4) is 0 Å². The zero-order valence-electron chi connectivity index (χ0n) is 12.8. The molecule has 0 saturated carbocycles. The van der Waals surface area contributed by atoms with E-state index in [0.29, 0.717) is 27.2 Å². The molecule has 0 bridgehead atoms. The van der Waals surface area contributed by atoms with Crippen LogP contribution in [0.1, 0.15) is 5.56 Å². The fourth-order valence-electron chi connectivity index (χ4n) is 2.46. The van der Waals surface area contributed by atoms with E-state index in [-0.39, 0.29) is 19.0 Å². The first-order chi connectivity index (χ1) is 11.4. The molecule has 1 aliphatic heterocycles. The quantitative estimate of drug-likeness (QED) is 0.666. The standard InChI is InChI=1S/C17H14Cl2N2O3/c1-10-2-5-14-15(6-10)24-17(23)9-21(14)8-16(22)20-13-7-11(18)3-4-12(13)19/h2-7H,8-9H2,1H3,(H,20,22). The van der Waals surface area contributed by atoms with Crippen molar-refractivity contribution in [2.24, 2.45) is 0 Å². The van der Waals surface area contributed by atoms with E-state index < -0.39 is 5.97 Å². The number of amides is 1. The van der Waals surface area contributed by atoms with Gasteiger partial charge in [0.25, 0.3) is 0 Å². The Bertz CT molecular complexity index is 823. The Morgan fingerprint density at radius 2 is 2.04 bits per heavy atom. The molecule has 1 amide bonds. The third kappa shape index (κ3) is 3.63. The van der Waals surface area contributed by atoms with Gasteiger partial charge in [0, 0.05) is 5.02 Å². The molecule has 0 unspecified atom stereocenters. The Hall–Kier alpha value is -2.24. The van der Waals surface area contributed by atoms with Crippen LogP contribution in [0.15, 0.2) is 36.4 Å². The van der Waals surface area contributed by atoms with E-state index in [1.165, 1.54) is 0 Å². The SMILES string of the molecule is Cc1ccc2c(c1)OC(=O)CN2CC(=O)Nc1cc(Cl)ccc1Cl. The van der Waals surface area contributed by atoms with Gasteiger partial charge in [-0.15, -0.1) is 0 Å². The fraction of sp³-hybridized carbons (Fsp3) is 0.176. The predicted octanol–water partition coefficient (Wildman–Crippen LogP) is 3.67. The van der Waals surface area contributed by atoms with Crippen molar-refractivity contribution in [3.8, 4) is 5.75 Å². The molecule has 3 rings (SSSR count). The number of nitrogens with one attached hydrogen (secondary N) is 1.